The first-order chi connectivity index (χ1) is 8.61. The van der Waals surface area contributed by atoms with Crippen LogP contribution in [0.4, 0.5) is 5.69 Å². The van der Waals surface area contributed by atoms with Crippen LogP contribution in [0.3, 0.4) is 0 Å². The number of hydrogen-bond acceptors (Lipinski definition) is 2. The molecule has 0 amide bonds. The van der Waals surface area contributed by atoms with Crippen molar-refractivity contribution in [2.45, 2.75) is 13.0 Å². The van der Waals surface area contributed by atoms with E-state index >= 15 is 0 Å². The molecular weight excluding hydrogens is 312 g/mol. The highest BCUT2D eigenvalue weighted by Crippen LogP contribution is 2.33. The van der Waals surface area contributed by atoms with E-state index in [0.29, 0.717) is 0 Å². The molecule has 0 aliphatic heterocycles. The number of aromatic nitrogens is 1. The molecule has 2 rings (SSSR count). The maximum Gasteiger partial charge on any atom is 0.0592 e. The Balaban J connectivity index is 2.33. The van der Waals surface area contributed by atoms with Gasteiger partial charge in [0.2, 0.25) is 0 Å². The lowest BCUT2D eigenvalue weighted by molar-refractivity contribution is 0.738. The summed E-state index contributed by atoms with van der Waals surface area (Å²) in [6.07, 6.45) is 3.58. The van der Waals surface area contributed by atoms with Gasteiger partial charge < -0.3 is 4.90 Å². The molecule has 0 spiro atoms. The van der Waals surface area contributed by atoms with Gasteiger partial charge in [-0.1, -0.05) is 29.8 Å². The number of halogens is 2. The van der Waals surface area contributed by atoms with Crippen molar-refractivity contribution in [1.29, 1.82) is 0 Å². The van der Waals surface area contributed by atoms with E-state index in [4.69, 9.17) is 11.6 Å². The number of anilines is 1. The molecule has 0 radical (unpaired) electrons. The zero-order chi connectivity index (χ0) is 13.1. The Kier molecular flexibility index (Phi) is 4.25. The Morgan fingerprint density at radius 1 is 1.28 bits per heavy atom. The van der Waals surface area contributed by atoms with Gasteiger partial charge in [-0.05, 0) is 40.5 Å². The summed E-state index contributed by atoms with van der Waals surface area (Å²) >= 11 is 9.76. The van der Waals surface area contributed by atoms with Crippen molar-refractivity contribution in [3.05, 3.63) is 57.8 Å². The van der Waals surface area contributed by atoms with Crippen LogP contribution < -0.4 is 4.90 Å². The first-order valence-electron chi connectivity index (χ1n) is 5.68. The van der Waals surface area contributed by atoms with E-state index in [1.165, 1.54) is 0 Å². The minimum atomic E-state index is 0.192. The second-order valence-electron chi connectivity index (χ2n) is 4.14. The van der Waals surface area contributed by atoms with Crippen LogP contribution in [-0.2, 0) is 0 Å². The summed E-state index contributed by atoms with van der Waals surface area (Å²) < 4.78 is 0.978. The highest BCUT2D eigenvalue weighted by molar-refractivity contribution is 9.10. The minimum Gasteiger partial charge on any atom is -0.367 e. The van der Waals surface area contributed by atoms with Crippen LogP contribution in [-0.4, -0.2) is 12.0 Å². The molecule has 1 aromatic heterocycles. The molecule has 2 nitrogen and oxygen atoms in total. The number of rotatable bonds is 3. The summed E-state index contributed by atoms with van der Waals surface area (Å²) in [6, 6.07) is 10.1. The molecule has 0 saturated heterocycles. The molecule has 2 aromatic rings. The zero-order valence-corrected chi connectivity index (χ0v) is 12.6. The fourth-order valence-corrected chi connectivity index (χ4v) is 2.71. The second-order valence-corrected chi connectivity index (χ2v) is 5.40. The van der Waals surface area contributed by atoms with E-state index < -0.39 is 0 Å². The van der Waals surface area contributed by atoms with E-state index in [0.717, 1.165) is 20.7 Å². The summed E-state index contributed by atoms with van der Waals surface area (Å²) in [4.78, 5) is 6.25. The molecule has 94 valence electrons. The van der Waals surface area contributed by atoms with Gasteiger partial charge in [0, 0.05) is 24.5 Å². The molecular formula is C14H14BrClN2. The quantitative estimate of drug-likeness (QED) is 0.813. The minimum absolute atomic E-state index is 0.192. The lowest BCUT2D eigenvalue weighted by atomic mass is 10.1. The van der Waals surface area contributed by atoms with Gasteiger partial charge in [-0.2, -0.15) is 0 Å². The van der Waals surface area contributed by atoms with Gasteiger partial charge in [-0.3, -0.25) is 4.98 Å². The standard InChI is InChI=1S/C14H14BrClN2/c1-10(11-5-3-4-6-13(11)16)18(2)14-7-8-17-9-12(14)15/h3-10H,1-2H3. The first-order valence-corrected chi connectivity index (χ1v) is 6.85. The predicted molar refractivity (Wildman–Crippen MR) is 80.2 cm³/mol. The molecule has 0 aliphatic carbocycles. The average Bonchev–Trinajstić information content (AvgIpc) is 2.38. The van der Waals surface area contributed by atoms with Crippen LogP contribution in [0.2, 0.25) is 5.02 Å². The van der Waals surface area contributed by atoms with Crippen LogP contribution in [0.25, 0.3) is 0 Å². The van der Waals surface area contributed by atoms with Crippen LogP contribution in [0, 0.1) is 0 Å². The van der Waals surface area contributed by atoms with Gasteiger partial charge in [-0.15, -0.1) is 0 Å². The molecule has 0 fully saturated rings. The molecule has 1 unspecified atom stereocenters. The fourth-order valence-electron chi connectivity index (χ4n) is 1.89. The van der Waals surface area contributed by atoms with Crippen LogP contribution in [0.5, 0.6) is 0 Å². The Morgan fingerprint density at radius 2 is 2.00 bits per heavy atom. The number of benzene rings is 1. The van der Waals surface area contributed by atoms with E-state index in [-0.39, 0.29) is 6.04 Å². The van der Waals surface area contributed by atoms with Gasteiger partial charge >= 0.3 is 0 Å². The normalized spacial score (nSPS) is 12.2. The maximum absolute atomic E-state index is 6.24. The van der Waals surface area contributed by atoms with Gasteiger partial charge in [0.1, 0.15) is 0 Å². The van der Waals surface area contributed by atoms with Crippen molar-refractivity contribution < 1.29 is 0 Å². The maximum atomic E-state index is 6.24. The van der Waals surface area contributed by atoms with Gasteiger partial charge in [0.25, 0.3) is 0 Å². The Labute approximate surface area is 121 Å². The topological polar surface area (TPSA) is 16.1 Å². The van der Waals surface area contributed by atoms with E-state index in [1.807, 2.05) is 31.3 Å². The van der Waals surface area contributed by atoms with Crippen molar-refractivity contribution in [3.63, 3.8) is 0 Å². The van der Waals surface area contributed by atoms with Gasteiger partial charge in [-0.25, -0.2) is 0 Å². The summed E-state index contributed by atoms with van der Waals surface area (Å²) in [5.41, 5.74) is 2.21. The van der Waals surface area contributed by atoms with Crippen molar-refractivity contribution in [2.75, 3.05) is 11.9 Å². The zero-order valence-electron chi connectivity index (χ0n) is 10.3. The third-order valence-electron chi connectivity index (χ3n) is 3.07. The van der Waals surface area contributed by atoms with Crippen LogP contribution in [0.15, 0.2) is 47.2 Å². The van der Waals surface area contributed by atoms with E-state index in [2.05, 4.69) is 38.8 Å². The molecule has 0 aliphatic rings. The molecule has 0 bridgehead atoms. The Bertz CT molecular complexity index is 495. The van der Waals surface area contributed by atoms with E-state index in [1.54, 1.807) is 12.4 Å². The first kappa shape index (κ1) is 13.4. The van der Waals surface area contributed by atoms with Gasteiger partial charge in [0.05, 0.1) is 16.2 Å². The molecule has 4 heteroatoms. The number of pyridine rings is 1. The summed E-state index contributed by atoms with van der Waals surface area (Å²) in [5, 5.41) is 0.794. The third-order valence-corrected chi connectivity index (χ3v) is 4.02. The second kappa shape index (κ2) is 5.72. The van der Waals surface area contributed by atoms with Crippen LogP contribution >= 0.6 is 27.5 Å². The third kappa shape index (κ3) is 2.68. The highest BCUT2D eigenvalue weighted by Gasteiger charge is 2.16. The van der Waals surface area contributed by atoms with Crippen LogP contribution in [0.1, 0.15) is 18.5 Å². The lowest BCUT2D eigenvalue weighted by Gasteiger charge is -2.28. The highest BCUT2D eigenvalue weighted by atomic mass is 79.9. The molecule has 1 atom stereocenters. The predicted octanol–water partition coefficient (Wildman–Crippen LogP) is 4.69. The molecule has 0 N–H and O–H groups in total. The largest absolute Gasteiger partial charge is 0.367 e. The molecule has 18 heavy (non-hydrogen) atoms. The Morgan fingerprint density at radius 3 is 2.67 bits per heavy atom. The SMILES string of the molecule is CC(c1ccccc1Cl)N(C)c1ccncc1Br. The van der Waals surface area contributed by atoms with E-state index in [9.17, 15) is 0 Å². The van der Waals surface area contributed by atoms with Crippen molar-refractivity contribution >= 4 is 33.2 Å². The summed E-state index contributed by atoms with van der Waals surface area (Å²) in [7, 11) is 2.05. The number of nitrogens with zero attached hydrogens (tertiary/aromatic N) is 2. The average molecular weight is 326 g/mol. The number of hydrogen-bond donors (Lipinski definition) is 0. The lowest BCUT2D eigenvalue weighted by Crippen LogP contribution is -2.22. The van der Waals surface area contributed by atoms with Crippen molar-refractivity contribution in [2.24, 2.45) is 0 Å². The molecule has 1 aromatic carbocycles. The van der Waals surface area contributed by atoms with Crippen molar-refractivity contribution in [1.82, 2.24) is 4.98 Å². The smallest absolute Gasteiger partial charge is 0.0592 e. The molecule has 1 heterocycles. The van der Waals surface area contributed by atoms with Gasteiger partial charge in [0.15, 0.2) is 0 Å². The summed E-state index contributed by atoms with van der Waals surface area (Å²) in [5.74, 6) is 0. The summed E-state index contributed by atoms with van der Waals surface area (Å²) in [6.45, 7) is 2.13. The molecule has 0 saturated carbocycles. The monoisotopic (exact) mass is 324 g/mol. The fraction of sp³-hybridized carbons (Fsp3) is 0.214. The van der Waals surface area contributed by atoms with Crippen molar-refractivity contribution in [3.8, 4) is 0 Å². The Hall–Kier alpha value is -1.06.